The predicted octanol–water partition coefficient (Wildman–Crippen LogP) is 2.78. The molecule has 0 unspecified atom stereocenters. The molecule has 0 bridgehead atoms. The van der Waals surface area contributed by atoms with Crippen molar-refractivity contribution in [1.29, 1.82) is 0 Å². The third-order valence-corrected chi connectivity index (χ3v) is 2.49. The fourth-order valence-corrected chi connectivity index (χ4v) is 1.92. The molecule has 58 valence electrons. The zero-order valence-corrected chi connectivity index (χ0v) is 8.65. The molecule has 1 aromatic rings. The zero-order chi connectivity index (χ0) is 8.27. The first-order chi connectivity index (χ1) is 5.25. The molecule has 0 aliphatic rings. The summed E-state index contributed by atoms with van der Waals surface area (Å²) < 4.78 is 1.72. The van der Waals surface area contributed by atoms with E-state index in [0.29, 0.717) is 6.41 Å². The lowest BCUT2D eigenvalue weighted by Crippen LogP contribution is -1.95. The van der Waals surface area contributed by atoms with Crippen molar-refractivity contribution in [3.8, 4) is 0 Å². The molecule has 1 amide bonds. The highest BCUT2D eigenvalue weighted by Gasteiger charge is 2.01. The van der Waals surface area contributed by atoms with Crippen LogP contribution in [0.2, 0.25) is 0 Å². The summed E-state index contributed by atoms with van der Waals surface area (Å²) in [5.41, 5.74) is 0.752. The van der Waals surface area contributed by atoms with E-state index in [-0.39, 0.29) is 0 Å². The maximum atomic E-state index is 10.1. The van der Waals surface area contributed by atoms with E-state index in [4.69, 9.17) is 0 Å². The molecule has 0 heterocycles. The summed E-state index contributed by atoms with van der Waals surface area (Å²) in [4.78, 5) is 10.1. The van der Waals surface area contributed by atoms with Gasteiger partial charge < -0.3 is 5.32 Å². The van der Waals surface area contributed by atoms with E-state index in [1.165, 1.54) is 0 Å². The molecule has 0 fully saturated rings. The third-order valence-electron chi connectivity index (χ3n) is 1.17. The van der Waals surface area contributed by atoms with Crippen molar-refractivity contribution in [2.45, 2.75) is 0 Å². The topological polar surface area (TPSA) is 29.1 Å². The van der Waals surface area contributed by atoms with Crippen LogP contribution in [0.5, 0.6) is 0 Å². The standard InChI is InChI=1S/C7H5Br2NO/c8-5-2-1-3-6(9)7(5)10-4-11/h1-4H,(H,10,11). The lowest BCUT2D eigenvalue weighted by molar-refractivity contribution is -0.105. The minimum absolute atomic E-state index is 0.644. The first kappa shape index (κ1) is 8.74. The second-order valence-corrected chi connectivity index (χ2v) is 3.57. The average Bonchev–Trinajstić information content (AvgIpc) is 1.97. The van der Waals surface area contributed by atoms with Gasteiger partial charge in [-0.3, -0.25) is 4.79 Å². The van der Waals surface area contributed by atoms with Crippen molar-refractivity contribution in [3.63, 3.8) is 0 Å². The predicted molar refractivity (Wildman–Crippen MR) is 51.5 cm³/mol. The quantitative estimate of drug-likeness (QED) is 0.828. The summed E-state index contributed by atoms with van der Waals surface area (Å²) in [6.45, 7) is 0. The van der Waals surface area contributed by atoms with E-state index in [1.807, 2.05) is 18.2 Å². The van der Waals surface area contributed by atoms with Crippen LogP contribution in [0.15, 0.2) is 27.1 Å². The fraction of sp³-hybridized carbons (Fsp3) is 0. The van der Waals surface area contributed by atoms with Crippen molar-refractivity contribution in [1.82, 2.24) is 0 Å². The number of anilines is 1. The number of hydrogen-bond donors (Lipinski definition) is 1. The Bertz CT molecular complexity index is 255. The van der Waals surface area contributed by atoms with Gasteiger partial charge in [-0.1, -0.05) is 6.07 Å². The molecule has 1 N–H and O–H groups in total. The Morgan fingerprint density at radius 3 is 2.27 bits per heavy atom. The van der Waals surface area contributed by atoms with E-state index in [2.05, 4.69) is 37.2 Å². The molecule has 0 aliphatic carbocycles. The number of rotatable bonds is 2. The fourth-order valence-electron chi connectivity index (χ4n) is 0.695. The highest BCUT2D eigenvalue weighted by atomic mass is 79.9. The Balaban J connectivity index is 3.09. The van der Waals surface area contributed by atoms with E-state index in [1.54, 1.807) is 0 Å². The monoisotopic (exact) mass is 277 g/mol. The molecule has 1 rings (SSSR count). The molecule has 0 aromatic heterocycles. The Kier molecular flexibility index (Phi) is 3.08. The maximum absolute atomic E-state index is 10.1. The zero-order valence-electron chi connectivity index (χ0n) is 5.47. The Labute approximate surface area is 81.2 Å². The molecule has 4 heteroatoms. The maximum Gasteiger partial charge on any atom is 0.211 e. The molecule has 2 nitrogen and oxygen atoms in total. The van der Waals surface area contributed by atoms with Crippen molar-refractivity contribution in [3.05, 3.63) is 27.1 Å². The Hall–Kier alpha value is -0.350. The summed E-state index contributed by atoms with van der Waals surface area (Å²) in [6.07, 6.45) is 0.644. The molecule has 1 aromatic carbocycles. The van der Waals surface area contributed by atoms with Gasteiger partial charge in [0.2, 0.25) is 6.41 Å². The van der Waals surface area contributed by atoms with Gasteiger partial charge in [0.25, 0.3) is 0 Å². The first-order valence-electron chi connectivity index (χ1n) is 2.90. The lowest BCUT2D eigenvalue weighted by Gasteiger charge is -2.03. The highest BCUT2D eigenvalue weighted by Crippen LogP contribution is 2.29. The van der Waals surface area contributed by atoms with E-state index >= 15 is 0 Å². The summed E-state index contributed by atoms with van der Waals surface area (Å²) in [5, 5.41) is 2.57. The van der Waals surface area contributed by atoms with Crippen molar-refractivity contribution in [2.75, 3.05) is 5.32 Å². The largest absolute Gasteiger partial charge is 0.327 e. The van der Waals surface area contributed by atoms with Crippen LogP contribution in [0.4, 0.5) is 5.69 Å². The van der Waals surface area contributed by atoms with Crippen LogP contribution < -0.4 is 5.32 Å². The van der Waals surface area contributed by atoms with Gasteiger partial charge in [-0.2, -0.15) is 0 Å². The van der Waals surface area contributed by atoms with Crippen LogP contribution in [0.25, 0.3) is 0 Å². The summed E-state index contributed by atoms with van der Waals surface area (Å²) in [6, 6.07) is 5.59. The molecule has 0 atom stereocenters. The summed E-state index contributed by atoms with van der Waals surface area (Å²) in [7, 11) is 0. The molecule has 11 heavy (non-hydrogen) atoms. The first-order valence-corrected chi connectivity index (χ1v) is 4.48. The number of carbonyl (C=O) groups excluding carboxylic acids is 1. The van der Waals surface area contributed by atoms with Gasteiger partial charge in [-0.05, 0) is 44.0 Å². The SMILES string of the molecule is O=CNc1c(Br)cccc1Br. The van der Waals surface area contributed by atoms with Gasteiger partial charge in [0.05, 0.1) is 5.69 Å². The van der Waals surface area contributed by atoms with Gasteiger partial charge in [-0.15, -0.1) is 0 Å². The Morgan fingerprint density at radius 1 is 1.27 bits per heavy atom. The Morgan fingerprint density at radius 2 is 1.82 bits per heavy atom. The minimum Gasteiger partial charge on any atom is -0.327 e. The summed E-state index contributed by atoms with van der Waals surface area (Å²) in [5.74, 6) is 0. The van der Waals surface area contributed by atoms with Crippen molar-refractivity contribution in [2.24, 2.45) is 0 Å². The molecule has 0 saturated carbocycles. The minimum atomic E-state index is 0.644. The molecule has 0 spiro atoms. The number of carbonyl (C=O) groups is 1. The summed E-state index contributed by atoms with van der Waals surface area (Å²) >= 11 is 6.59. The van der Waals surface area contributed by atoms with E-state index in [9.17, 15) is 4.79 Å². The molecule has 0 radical (unpaired) electrons. The van der Waals surface area contributed by atoms with Gasteiger partial charge in [0.15, 0.2) is 0 Å². The van der Waals surface area contributed by atoms with Gasteiger partial charge in [-0.25, -0.2) is 0 Å². The van der Waals surface area contributed by atoms with Crippen LogP contribution in [0.1, 0.15) is 0 Å². The molecule has 0 saturated heterocycles. The van der Waals surface area contributed by atoms with Crippen LogP contribution >= 0.6 is 31.9 Å². The number of nitrogens with one attached hydrogen (secondary N) is 1. The van der Waals surface area contributed by atoms with Gasteiger partial charge in [0.1, 0.15) is 0 Å². The van der Waals surface area contributed by atoms with Crippen molar-refractivity contribution < 1.29 is 4.79 Å². The average molecular weight is 279 g/mol. The highest BCUT2D eigenvalue weighted by molar-refractivity contribution is 9.11. The van der Waals surface area contributed by atoms with E-state index in [0.717, 1.165) is 14.6 Å². The smallest absolute Gasteiger partial charge is 0.211 e. The lowest BCUT2D eigenvalue weighted by atomic mass is 10.3. The molecule has 0 aliphatic heterocycles. The van der Waals surface area contributed by atoms with Crippen molar-refractivity contribution >= 4 is 44.0 Å². The van der Waals surface area contributed by atoms with Crippen LogP contribution in [0.3, 0.4) is 0 Å². The third kappa shape index (κ3) is 2.04. The van der Waals surface area contributed by atoms with Crippen LogP contribution in [-0.4, -0.2) is 6.41 Å². The number of halogens is 2. The van der Waals surface area contributed by atoms with Gasteiger partial charge >= 0.3 is 0 Å². The van der Waals surface area contributed by atoms with Crippen LogP contribution in [-0.2, 0) is 4.79 Å². The number of para-hydroxylation sites is 1. The number of benzene rings is 1. The normalized spacial score (nSPS) is 9.27. The second-order valence-electron chi connectivity index (χ2n) is 1.86. The van der Waals surface area contributed by atoms with E-state index < -0.39 is 0 Å². The van der Waals surface area contributed by atoms with Crippen LogP contribution in [0, 0.1) is 0 Å². The number of amides is 1. The second kappa shape index (κ2) is 3.88. The van der Waals surface area contributed by atoms with Gasteiger partial charge in [0, 0.05) is 8.95 Å². The molecular formula is C7H5Br2NO. The molecular weight excluding hydrogens is 274 g/mol. The number of hydrogen-bond acceptors (Lipinski definition) is 1.